The number of halogens is 4. The second-order valence-electron chi connectivity index (χ2n) is 1.33. The smallest absolute Gasteiger partial charge is 0.160 e. The lowest BCUT2D eigenvalue weighted by molar-refractivity contribution is 0.451. The molecular formula is C2Cl3FN4. The molecule has 0 bridgehead atoms. The van der Waals surface area contributed by atoms with E-state index in [4.69, 9.17) is 34.8 Å². The molecule has 0 atom stereocenters. The highest BCUT2D eigenvalue weighted by Gasteiger charge is 2.27. The molecule has 0 aliphatic heterocycles. The van der Waals surface area contributed by atoms with E-state index in [0.717, 1.165) is 0 Å². The number of rotatable bonds is 0. The second-order valence-corrected chi connectivity index (χ2v) is 3.55. The number of alkyl halides is 3. The van der Waals surface area contributed by atoms with Gasteiger partial charge in [-0.15, -0.1) is 0 Å². The minimum absolute atomic E-state index is 0.428. The fraction of sp³-hybridized carbons (Fsp3) is 0.500. The molecule has 0 amide bonds. The van der Waals surface area contributed by atoms with Gasteiger partial charge in [0.2, 0.25) is 0 Å². The van der Waals surface area contributed by atoms with Crippen LogP contribution < -0.4 is 0 Å². The van der Waals surface area contributed by atoms with E-state index in [1.54, 1.807) is 0 Å². The van der Waals surface area contributed by atoms with E-state index in [1.165, 1.54) is 0 Å². The van der Waals surface area contributed by atoms with Crippen LogP contribution in [0.5, 0.6) is 0 Å². The number of hydrogen-bond acceptors (Lipinski definition) is 3. The van der Waals surface area contributed by atoms with Gasteiger partial charge in [-0.2, -0.15) is 9.07 Å². The van der Waals surface area contributed by atoms with Crippen LogP contribution in [0.1, 0.15) is 0 Å². The Labute approximate surface area is 69.9 Å². The van der Waals surface area contributed by atoms with Gasteiger partial charge in [0.15, 0.2) is 0 Å². The molecule has 0 aliphatic rings. The van der Waals surface area contributed by atoms with Crippen molar-refractivity contribution in [3.63, 3.8) is 0 Å². The molecule has 0 radical (unpaired) electrons. The molecule has 0 unspecified atom stereocenters. The zero-order valence-electron chi connectivity index (χ0n) is 4.30. The van der Waals surface area contributed by atoms with Gasteiger partial charge in [-0.3, -0.25) is 0 Å². The maximum Gasteiger partial charge on any atom is 0.330 e. The molecule has 0 N–H and O–H groups in total. The summed E-state index contributed by atoms with van der Waals surface area (Å²) in [6, 6.07) is 0. The Morgan fingerprint density at radius 2 is 2.00 bits per heavy atom. The minimum atomic E-state index is -1.96. The van der Waals surface area contributed by atoms with E-state index in [-0.39, 0.29) is 0 Å². The average Bonchev–Trinajstić information content (AvgIpc) is 2.11. The van der Waals surface area contributed by atoms with Gasteiger partial charge in [0.05, 0.1) is 0 Å². The molecule has 10 heavy (non-hydrogen) atoms. The van der Waals surface area contributed by atoms with Gasteiger partial charge in [0, 0.05) is 0 Å². The van der Waals surface area contributed by atoms with Crippen molar-refractivity contribution in [1.29, 1.82) is 0 Å². The van der Waals surface area contributed by atoms with Crippen molar-refractivity contribution in [2.75, 3.05) is 0 Å². The maximum atomic E-state index is 12.3. The van der Waals surface area contributed by atoms with Gasteiger partial charge in [-0.1, -0.05) is 39.9 Å². The largest absolute Gasteiger partial charge is 0.330 e. The van der Waals surface area contributed by atoms with Crippen LogP contribution in [-0.2, 0) is 3.92 Å². The van der Waals surface area contributed by atoms with Gasteiger partial charge in [0.1, 0.15) is 0 Å². The Morgan fingerprint density at radius 1 is 1.40 bits per heavy atom. The van der Waals surface area contributed by atoms with Crippen molar-refractivity contribution in [3.8, 4) is 0 Å². The fourth-order valence-electron chi connectivity index (χ4n) is 0.331. The van der Waals surface area contributed by atoms with Crippen molar-refractivity contribution in [2.45, 2.75) is 3.92 Å². The predicted molar refractivity (Wildman–Crippen MR) is 33.3 cm³/mol. The highest BCUT2D eigenvalue weighted by atomic mass is 35.6. The first kappa shape index (κ1) is 7.97. The predicted octanol–water partition coefficient (Wildman–Crippen LogP) is 1.10. The molecule has 0 saturated heterocycles. The molecule has 0 aliphatic carbocycles. The first-order valence-electron chi connectivity index (χ1n) is 2.03. The molecule has 1 rings (SSSR count). The van der Waals surface area contributed by atoms with E-state index in [0.29, 0.717) is 4.68 Å². The molecule has 4 nitrogen and oxygen atoms in total. The summed E-state index contributed by atoms with van der Waals surface area (Å²) in [4.78, 5) is 0. The monoisotopic (exact) mass is 204 g/mol. The Balaban J connectivity index is 3.05. The minimum Gasteiger partial charge on any atom is -0.160 e. The number of tetrazole rings is 1. The molecule has 8 heteroatoms. The molecular weight excluding hydrogens is 205 g/mol. The van der Waals surface area contributed by atoms with Gasteiger partial charge in [-0.25, -0.2) is 0 Å². The SMILES string of the molecule is Fc1nnnn1C(Cl)(Cl)Cl. The zero-order valence-corrected chi connectivity index (χ0v) is 6.57. The van der Waals surface area contributed by atoms with Crippen LogP contribution in [0.15, 0.2) is 0 Å². The highest BCUT2D eigenvalue weighted by Crippen LogP contribution is 2.31. The molecule has 0 spiro atoms. The summed E-state index contributed by atoms with van der Waals surface area (Å²) in [5, 5.41) is 8.86. The lowest BCUT2D eigenvalue weighted by atomic mass is 11.1. The summed E-state index contributed by atoms with van der Waals surface area (Å²) >= 11 is 15.6. The van der Waals surface area contributed by atoms with Gasteiger partial charge >= 0.3 is 6.08 Å². The average molecular weight is 205 g/mol. The van der Waals surface area contributed by atoms with Crippen molar-refractivity contribution in [2.24, 2.45) is 0 Å². The van der Waals surface area contributed by atoms with Crippen LogP contribution in [0, 0.1) is 6.08 Å². The summed E-state index contributed by atoms with van der Waals surface area (Å²) in [5.41, 5.74) is 0. The Kier molecular flexibility index (Phi) is 1.98. The highest BCUT2D eigenvalue weighted by molar-refractivity contribution is 6.64. The van der Waals surface area contributed by atoms with Gasteiger partial charge < -0.3 is 0 Å². The number of nitrogens with zero attached hydrogens (tertiary/aromatic N) is 4. The Morgan fingerprint density at radius 3 is 2.20 bits per heavy atom. The lowest BCUT2D eigenvalue weighted by Crippen LogP contribution is -2.16. The quantitative estimate of drug-likeness (QED) is 0.596. The molecule has 0 saturated carbocycles. The number of aromatic nitrogens is 4. The van der Waals surface area contributed by atoms with Gasteiger partial charge in [-0.05, 0) is 10.4 Å². The first-order valence-corrected chi connectivity index (χ1v) is 3.16. The summed E-state index contributed by atoms with van der Waals surface area (Å²) in [6.07, 6.45) is -1.04. The third kappa shape index (κ3) is 1.47. The number of hydrogen-bond donors (Lipinski definition) is 0. The molecule has 56 valence electrons. The molecule has 1 heterocycles. The summed E-state index contributed by atoms with van der Waals surface area (Å²) in [5.74, 6) is 0. The third-order valence-electron chi connectivity index (χ3n) is 0.672. The van der Waals surface area contributed by atoms with E-state index < -0.39 is 9.99 Å². The van der Waals surface area contributed by atoms with E-state index >= 15 is 0 Å². The summed E-state index contributed by atoms with van der Waals surface area (Å²) in [6.45, 7) is 0. The lowest BCUT2D eigenvalue weighted by Gasteiger charge is -2.07. The van der Waals surface area contributed by atoms with Crippen LogP contribution >= 0.6 is 34.8 Å². The maximum absolute atomic E-state index is 12.3. The van der Waals surface area contributed by atoms with Crippen LogP contribution in [-0.4, -0.2) is 20.2 Å². The van der Waals surface area contributed by atoms with Crippen LogP contribution in [0.25, 0.3) is 0 Å². The van der Waals surface area contributed by atoms with Crippen molar-refractivity contribution in [3.05, 3.63) is 6.08 Å². The topological polar surface area (TPSA) is 43.6 Å². The van der Waals surface area contributed by atoms with Crippen LogP contribution in [0.4, 0.5) is 4.39 Å². The summed E-state index contributed by atoms with van der Waals surface area (Å²) < 4.78 is 10.8. The molecule has 1 aromatic heterocycles. The Hall–Kier alpha value is -0.130. The van der Waals surface area contributed by atoms with Crippen LogP contribution in [0.3, 0.4) is 0 Å². The fourth-order valence-corrected chi connectivity index (χ4v) is 0.642. The van der Waals surface area contributed by atoms with E-state index in [2.05, 4.69) is 15.5 Å². The zero-order chi connectivity index (χ0) is 7.78. The third-order valence-corrected chi connectivity index (χ3v) is 1.15. The first-order chi connectivity index (χ1) is 4.52. The standard InChI is InChI=1S/C2Cl3FN4/c3-2(4,5)10-1(6)7-8-9-10. The van der Waals surface area contributed by atoms with E-state index in [1.807, 2.05) is 0 Å². The van der Waals surface area contributed by atoms with Gasteiger partial charge in [0.25, 0.3) is 3.92 Å². The molecule has 0 fully saturated rings. The molecule has 0 aromatic carbocycles. The summed E-state index contributed by atoms with van der Waals surface area (Å²) in [7, 11) is 0. The molecule has 1 aromatic rings. The Bertz CT molecular complexity index is 229. The normalized spacial score (nSPS) is 12.0. The van der Waals surface area contributed by atoms with Crippen LogP contribution in [0.2, 0.25) is 0 Å². The van der Waals surface area contributed by atoms with Crippen molar-refractivity contribution in [1.82, 2.24) is 20.2 Å². The van der Waals surface area contributed by atoms with Crippen molar-refractivity contribution >= 4 is 34.8 Å². The second kappa shape index (κ2) is 2.48. The van der Waals surface area contributed by atoms with E-state index in [9.17, 15) is 4.39 Å². The van der Waals surface area contributed by atoms with Crippen molar-refractivity contribution < 1.29 is 4.39 Å².